The molecule has 0 spiro atoms. The van der Waals surface area contributed by atoms with E-state index >= 15 is 0 Å². The van der Waals surface area contributed by atoms with Gasteiger partial charge < -0.3 is 5.11 Å². The summed E-state index contributed by atoms with van der Waals surface area (Å²) in [4.78, 5) is 0. The average Bonchev–Trinajstić information content (AvgIpc) is 2.03. The second-order valence-electron chi connectivity index (χ2n) is 3.90. The predicted molar refractivity (Wildman–Crippen MR) is 47.8 cm³/mol. The number of hydrogen-bond acceptors (Lipinski definition) is 1. The summed E-state index contributed by atoms with van der Waals surface area (Å²) < 4.78 is 36.7. The molecule has 4 heteroatoms. The van der Waals surface area contributed by atoms with E-state index in [2.05, 4.69) is 0 Å². The number of allylic oxidation sites excluding steroid dienone is 1. The average molecular weight is 208 g/mol. The van der Waals surface area contributed by atoms with E-state index < -0.39 is 17.7 Å². The van der Waals surface area contributed by atoms with E-state index in [4.69, 9.17) is 0 Å². The molecule has 0 aliphatic heterocycles. The Morgan fingerprint density at radius 3 is 2.50 bits per heavy atom. The zero-order valence-corrected chi connectivity index (χ0v) is 8.14. The van der Waals surface area contributed by atoms with E-state index in [1.807, 2.05) is 6.92 Å². The molecule has 0 bridgehead atoms. The first-order valence-electron chi connectivity index (χ1n) is 4.86. The van der Waals surface area contributed by atoms with Crippen LogP contribution in [0.5, 0.6) is 0 Å². The second-order valence-corrected chi connectivity index (χ2v) is 3.90. The van der Waals surface area contributed by atoms with Gasteiger partial charge in [0.05, 0.1) is 11.5 Å². The maximum atomic E-state index is 12.2. The lowest BCUT2D eigenvalue weighted by Gasteiger charge is -2.31. The molecular formula is C10H15F3O. The van der Waals surface area contributed by atoms with E-state index in [0.717, 1.165) is 12.5 Å². The molecule has 1 rings (SSSR count). The molecule has 2 atom stereocenters. The smallest absolute Gasteiger partial charge is 0.386 e. The zero-order valence-electron chi connectivity index (χ0n) is 8.14. The molecule has 0 saturated heterocycles. The molecule has 82 valence electrons. The molecule has 1 N–H and O–H groups in total. The fourth-order valence-corrected chi connectivity index (χ4v) is 1.79. The molecule has 0 amide bonds. The Kier molecular flexibility index (Phi) is 3.24. The minimum atomic E-state index is -4.16. The monoisotopic (exact) mass is 208 g/mol. The molecule has 0 fully saturated rings. The number of hydrogen-bond donors (Lipinski definition) is 1. The topological polar surface area (TPSA) is 20.2 Å². The maximum absolute atomic E-state index is 12.2. The van der Waals surface area contributed by atoms with Crippen LogP contribution < -0.4 is 0 Å². The highest BCUT2D eigenvalue weighted by Crippen LogP contribution is 2.38. The molecular weight excluding hydrogens is 193 g/mol. The highest BCUT2D eigenvalue weighted by atomic mass is 19.4. The van der Waals surface area contributed by atoms with E-state index in [9.17, 15) is 18.3 Å². The van der Waals surface area contributed by atoms with E-state index in [0.29, 0.717) is 6.42 Å². The molecule has 0 heterocycles. The van der Waals surface area contributed by atoms with Gasteiger partial charge in [-0.15, -0.1) is 0 Å². The summed E-state index contributed by atoms with van der Waals surface area (Å²) in [7, 11) is 0. The van der Waals surface area contributed by atoms with E-state index in [-0.39, 0.29) is 12.8 Å². The van der Waals surface area contributed by atoms with Gasteiger partial charge in [0.2, 0.25) is 0 Å². The third kappa shape index (κ3) is 2.74. The minimum absolute atomic E-state index is 0.00347. The summed E-state index contributed by atoms with van der Waals surface area (Å²) in [5.41, 5.74) is -1.00. The summed E-state index contributed by atoms with van der Waals surface area (Å²) in [5, 5.41) is 9.80. The Morgan fingerprint density at radius 2 is 2.14 bits per heavy atom. The summed E-state index contributed by atoms with van der Waals surface area (Å²) in [6, 6.07) is 0. The van der Waals surface area contributed by atoms with Crippen molar-refractivity contribution in [2.24, 2.45) is 5.92 Å². The van der Waals surface area contributed by atoms with Crippen molar-refractivity contribution in [3.63, 3.8) is 0 Å². The van der Waals surface area contributed by atoms with Crippen LogP contribution >= 0.6 is 0 Å². The molecule has 1 nitrogen and oxygen atoms in total. The van der Waals surface area contributed by atoms with Gasteiger partial charge in [0.15, 0.2) is 0 Å². The zero-order chi connectivity index (χ0) is 10.8. The Bertz CT molecular complexity index is 222. The van der Waals surface area contributed by atoms with Crippen molar-refractivity contribution in [3.8, 4) is 0 Å². The maximum Gasteiger partial charge on any atom is 0.395 e. The lowest BCUT2D eigenvalue weighted by molar-refractivity contribution is -0.167. The Balaban J connectivity index is 2.63. The fraction of sp³-hybridized carbons (Fsp3) is 0.800. The van der Waals surface area contributed by atoms with Gasteiger partial charge in [-0.05, 0) is 19.3 Å². The Morgan fingerprint density at radius 1 is 1.50 bits per heavy atom. The first-order chi connectivity index (χ1) is 6.37. The first kappa shape index (κ1) is 11.6. The van der Waals surface area contributed by atoms with Gasteiger partial charge in [-0.3, -0.25) is 0 Å². The molecule has 1 aliphatic rings. The van der Waals surface area contributed by atoms with Crippen molar-refractivity contribution in [1.82, 2.24) is 0 Å². The van der Waals surface area contributed by atoms with Crippen LogP contribution in [0.1, 0.15) is 32.6 Å². The van der Waals surface area contributed by atoms with Crippen LogP contribution in [-0.2, 0) is 0 Å². The lowest BCUT2D eigenvalue weighted by atomic mass is 9.82. The Labute approximate surface area is 81.6 Å². The molecule has 2 unspecified atom stereocenters. The number of aliphatic hydroxyl groups is 1. The molecule has 0 radical (unpaired) electrons. The molecule has 0 aromatic heterocycles. The van der Waals surface area contributed by atoms with Gasteiger partial charge in [0, 0.05) is 0 Å². The van der Waals surface area contributed by atoms with Crippen molar-refractivity contribution in [2.75, 3.05) is 0 Å². The highest BCUT2D eigenvalue weighted by Gasteiger charge is 2.41. The van der Waals surface area contributed by atoms with Crippen LogP contribution in [-0.4, -0.2) is 16.9 Å². The van der Waals surface area contributed by atoms with Crippen molar-refractivity contribution in [1.29, 1.82) is 0 Å². The fourth-order valence-electron chi connectivity index (χ4n) is 1.79. The van der Waals surface area contributed by atoms with Crippen LogP contribution in [0, 0.1) is 5.92 Å². The minimum Gasteiger partial charge on any atom is -0.386 e. The number of rotatable bonds is 2. The number of alkyl halides is 3. The SMILES string of the molecule is CCCC1(O)C=CC(C(F)(F)F)CC1. The predicted octanol–water partition coefficient (Wildman–Crippen LogP) is 3.05. The quantitative estimate of drug-likeness (QED) is 0.691. The summed E-state index contributed by atoms with van der Waals surface area (Å²) in [6.45, 7) is 1.90. The first-order valence-corrected chi connectivity index (χ1v) is 4.86. The van der Waals surface area contributed by atoms with Crippen LogP contribution in [0.3, 0.4) is 0 Å². The van der Waals surface area contributed by atoms with Crippen LogP contribution in [0.15, 0.2) is 12.2 Å². The third-order valence-corrected chi connectivity index (χ3v) is 2.63. The van der Waals surface area contributed by atoms with Crippen molar-refractivity contribution in [2.45, 2.75) is 44.4 Å². The van der Waals surface area contributed by atoms with Crippen LogP contribution in [0.2, 0.25) is 0 Å². The second kappa shape index (κ2) is 3.93. The van der Waals surface area contributed by atoms with Crippen LogP contribution in [0.25, 0.3) is 0 Å². The highest BCUT2D eigenvalue weighted by molar-refractivity contribution is 5.09. The van der Waals surface area contributed by atoms with Gasteiger partial charge in [-0.1, -0.05) is 25.5 Å². The standard InChI is InChI=1S/C10H15F3O/c1-2-5-9(14)6-3-8(4-7-9)10(11,12)13/h3,6,8,14H,2,4-5,7H2,1H3. The largest absolute Gasteiger partial charge is 0.395 e. The Hall–Kier alpha value is -0.510. The lowest BCUT2D eigenvalue weighted by Crippen LogP contribution is -2.33. The normalized spacial score (nSPS) is 33.4. The molecule has 0 aromatic carbocycles. The van der Waals surface area contributed by atoms with Crippen molar-refractivity contribution >= 4 is 0 Å². The summed E-state index contributed by atoms with van der Waals surface area (Å²) in [6.07, 6.45) is -0.231. The van der Waals surface area contributed by atoms with E-state index in [1.54, 1.807) is 0 Å². The van der Waals surface area contributed by atoms with Gasteiger partial charge >= 0.3 is 6.18 Å². The molecule has 0 aromatic rings. The third-order valence-electron chi connectivity index (χ3n) is 2.63. The van der Waals surface area contributed by atoms with E-state index in [1.165, 1.54) is 6.08 Å². The summed E-state index contributed by atoms with van der Waals surface area (Å²) >= 11 is 0. The van der Waals surface area contributed by atoms with Gasteiger partial charge in [0.1, 0.15) is 0 Å². The van der Waals surface area contributed by atoms with Crippen LogP contribution in [0.4, 0.5) is 13.2 Å². The molecule has 0 saturated carbocycles. The molecule has 14 heavy (non-hydrogen) atoms. The van der Waals surface area contributed by atoms with Gasteiger partial charge in [0.25, 0.3) is 0 Å². The van der Waals surface area contributed by atoms with Crippen molar-refractivity contribution in [3.05, 3.63) is 12.2 Å². The van der Waals surface area contributed by atoms with Gasteiger partial charge in [-0.25, -0.2) is 0 Å². The van der Waals surface area contributed by atoms with Gasteiger partial charge in [-0.2, -0.15) is 13.2 Å². The number of halogens is 3. The molecule has 1 aliphatic carbocycles. The van der Waals surface area contributed by atoms with Crippen molar-refractivity contribution < 1.29 is 18.3 Å². The summed E-state index contributed by atoms with van der Waals surface area (Å²) in [5.74, 6) is -1.38.